The first-order valence-corrected chi connectivity index (χ1v) is 28.0. The second kappa shape index (κ2) is 44.4. The fourth-order valence-electron chi connectivity index (χ4n) is 8.04. The maximum atomic E-state index is 12.9. The summed E-state index contributed by atoms with van der Waals surface area (Å²) in [4.78, 5) is 25.4. The molecule has 0 rings (SSSR count). The molecule has 0 spiro atoms. The maximum absolute atomic E-state index is 12.9. The van der Waals surface area contributed by atoms with Crippen LogP contribution in [0.2, 0.25) is 0 Å². The number of nitrogens with one attached hydrogen (secondary N) is 1. The number of carbonyl (C=O) groups is 1. The minimum Gasteiger partial charge on any atom is -0.756 e. The van der Waals surface area contributed by atoms with E-state index in [-0.39, 0.29) is 19.1 Å². The van der Waals surface area contributed by atoms with Crippen LogP contribution in [0, 0.1) is 0 Å². The molecule has 0 radical (unpaired) electrons. The molecule has 8 nitrogen and oxygen atoms in total. The quantitative estimate of drug-likeness (QED) is 0.0273. The Labute approximate surface area is 380 Å². The fourth-order valence-corrected chi connectivity index (χ4v) is 8.76. The Morgan fingerprint density at radius 3 is 1.23 bits per heavy atom. The van der Waals surface area contributed by atoms with E-state index in [1.54, 1.807) is 6.08 Å². The van der Waals surface area contributed by atoms with Gasteiger partial charge >= 0.3 is 0 Å². The van der Waals surface area contributed by atoms with Gasteiger partial charge in [0.2, 0.25) is 5.91 Å². The number of carbonyl (C=O) groups excluding carboxylic acids is 1. The molecule has 0 aliphatic heterocycles. The lowest BCUT2D eigenvalue weighted by Gasteiger charge is -2.29. The van der Waals surface area contributed by atoms with Gasteiger partial charge in [-0.05, 0) is 19.3 Å². The standard InChI is InChI=1S/C52H105N2O6P/c1-6-8-10-12-14-16-18-20-21-22-23-24-25-26-27-28-29-30-31-32-33-34-36-38-40-42-44-46-52(56)53-50(49-60-61(57,58)59-48-47-54(3,4)5)51(55)45-43-41-39-37-35-19-17-15-13-11-9-7-2/h43,45,50-51,55H,6-42,44,46-49H2,1-5H3,(H-,53,56,57,58)/b45-43+. The van der Waals surface area contributed by atoms with Gasteiger partial charge in [-0.3, -0.25) is 9.36 Å². The van der Waals surface area contributed by atoms with Crippen molar-refractivity contribution >= 4 is 13.7 Å². The topological polar surface area (TPSA) is 108 Å². The van der Waals surface area contributed by atoms with E-state index >= 15 is 0 Å². The third kappa shape index (κ3) is 47.0. The average molecular weight is 885 g/mol. The number of aliphatic hydroxyl groups excluding tert-OH is 1. The zero-order valence-electron chi connectivity index (χ0n) is 41.4. The SMILES string of the molecule is CCCCCCCCCCCC/C=C/C(O)C(COP(=O)([O-])OCC[N+](C)(C)C)NC(=O)CCCCCCCCCCCCCCCCCCCCCCCCCCCCC. The molecule has 3 unspecified atom stereocenters. The normalized spacial score (nSPS) is 14.1. The summed E-state index contributed by atoms with van der Waals surface area (Å²) in [6.45, 7) is 4.67. The van der Waals surface area contributed by atoms with Crippen LogP contribution in [-0.2, 0) is 18.4 Å². The number of hydrogen-bond acceptors (Lipinski definition) is 6. The highest BCUT2D eigenvalue weighted by molar-refractivity contribution is 7.45. The largest absolute Gasteiger partial charge is 0.756 e. The Hall–Kier alpha value is -0.760. The molecule has 9 heteroatoms. The Morgan fingerprint density at radius 1 is 0.557 bits per heavy atom. The third-order valence-corrected chi connectivity index (χ3v) is 13.2. The summed E-state index contributed by atoms with van der Waals surface area (Å²) in [5.74, 6) is -0.193. The molecule has 0 aliphatic carbocycles. The monoisotopic (exact) mass is 885 g/mol. The van der Waals surface area contributed by atoms with Crippen LogP contribution in [0.3, 0.4) is 0 Å². The van der Waals surface area contributed by atoms with Crippen molar-refractivity contribution in [2.24, 2.45) is 0 Å². The highest BCUT2D eigenvalue weighted by atomic mass is 31.2. The summed E-state index contributed by atoms with van der Waals surface area (Å²) < 4.78 is 23.2. The van der Waals surface area contributed by atoms with Crippen molar-refractivity contribution in [3.05, 3.63) is 12.2 Å². The van der Waals surface area contributed by atoms with Gasteiger partial charge < -0.3 is 28.8 Å². The van der Waals surface area contributed by atoms with Crippen LogP contribution in [0.1, 0.15) is 264 Å². The van der Waals surface area contributed by atoms with Gasteiger partial charge in [0.15, 0.2) is 0 Å². The number of hydrogen-bond donors (Lipinski definition) is 2. The molecule has 364 valence electrons. The second-order valence-corrected chi connectivity index (χ2v) is 21.0. The van der Waals surface area contributed by atoms with Crippen LogP contribution >= 0.6 is 7.82 Å². The molecule has 0 saturated heterocycles. The molecule has 0 aliphatic rings. The van der Waals surface area contributed by atoms with Gasteiger partial charge in [-0.1, -0.05) is 251 Å². The smallest absolute Gasteiger partial charge is 0.268 e. The zero-order valence-corrected chi connectivity index (χ0v) is 42.3. The number of aliphatic hydroxyl groups is 1. The predicted molar refractivity (Wildman–Crippen MR) is 261 cm³/mol. The first-order valence-electron chi connectivity index (χ1n) is 26.6. The highest BCUT2D eigenvalue weighted by Gasteiger charge is 2.23. The Kier molecular flexibility index (Phi) is 43.9. The van der Waals surface area contributed by atoms with Crippen molar-refractivity contribution in [2.75, 3.05) is 40.9 Å². The lowest BCUT2D eigenvalue weighted by atomic mass is 10.0. The fraction of sp³-hybridized carbons (Fsp3) is 0.942. The second-order valence-electron chi connectivity index (χ2n) is 19.6. The molecule has 2 N–H and O–H groups in total. The number of allylic oxidation sites excluding steroid dienone is 1. The minimum absolute atomic E-state index is 0.00223. The number of likely N-dealkylation sites (N-methyl/N-ethyl adjacent to an activating group) is 1. The van der Waals surface area contributed by atoms with Gasteiger partial charge in [-0.15, -0.1) is 0 Å². The van der Waals surface area contributed by atoms with Gasteiger partial charge in [0.05, 0.1) is 39.9 Å². The summed E-state index contributed by atoms with van der Waals surface area (Å²) >= 11 is 0. The molecule has 0 saturated carbocycles. The van der Waals surface area contributed by atoms with E-state index in [1.807, 2.05) is 27.2 Å². The van der Waals surface area contributed by atoms with E-state index in [1.165, 1.54) is 205 Å². The number of unbranched alkanes of at least 4 members (excludes halogenated alkanes) is 36. The van der Waals surface area contributed by atoms with Crippen molar-refractivity contribution in [3.8, 4) is 0 Å². The van der Waals surface area contributed by atoms with Crippen LogP contribution in [0.4, 0.5) is 0 Å². The van der Waals surface area contributed by atoms with E-state index in [0.29, 0.717) is 17.4 Å². The molecule has 61 heavy (non-hydrogen) atoms. The van der Waals surface area contributed by atoms with Crippen molar-refractivity contribution in [1.82, 2.24) is 5.32 Å². The summed E-state index contributed by atoms with van der Waals surface area (Å²) in [7, 11) is 1.27. The van der Waals surface area contributed by atoms with Crippen LogP contribution in [0.5, 0.6) is 0 Å². The number of phosphoric acid groups is 1. The Morgan fingerprint density at radius 2 is 0.885 bits per heavy atom. The number of rotatable bonds is 49. The van der Waals surface area contributed by atoms with Gasteiger partial charge in [-0.2, -0.15) is 0 Å². The molecule has 0 fully saturated rings. The Bertz CT molecular complexity index is 1000. The van der Waals surface area contributed by atoms with Crippen LogP contribution in [0.15, 0.2) is 12.2 Å². The number of phosphoric ester groups is 1. The molecular weight excluding hydrogens is 780 g/mol. The summed E-state index contributed by atoms with van der Waals surface area (Å²) in [6, 6.07) is -0.880. The van der Waals surface area contributed by atoms with Gasteiger partial charge in [0, 0.05) is 6.42 Å². The van der Waals surface area contributed by atoms with E-state index < -0.39 is 20.0 Å². The first-order chi connectivity index (χ1) is 29.5. The van der Waals surface area contributed by atoms with Crippen molar-refractivity contribution in [2.45, 2.75) is 276 Å². The molecule has 1 amide bonds. The van der Waals surface area contributed by atoms with Crippen LogP contribution in [0.25, 0.3) is 0 Å². The van der Waals surface area contributed by atoms with E-state index in [4.69, 9.17) is 9.05 Å². The van der Waals surface area contributed by atoms with Crippen molar-refractivity contribution < 1.29 is 32.9 Å². The van der Waals surface area contributed by atoms with Crippen LogP contribution < -0.4 is 10.2 Å². The zero-order chi connectivity index (χ0) is 45.0. The van der Waals surface area contributed by atoms with E-state index in [9.17, 15) is 19.4 Å². The molecule has 0 aromatic carbocycles. The van der Waals surface area contributed by atoms with Crippen molar-refractivity contribution in [1.29, 1.82) is 0 Å². The Balaban J connectivity index is 4.07. The highest BCUT2D eigenvalue weighted by Crippen LogP contribution is 2.38. The maximum Gasteiger partial charge on any atom is 0.268 e. The number of nitrogens with zero attached hydrogens (tertiary/aromatic N) is 1. The van der Waals surface area contributed by atoms with Gasteiger partial charge in [-0.25, -0.2) is 0 Å². The molecular formula is C52H105N2O6P. The van der Waals surface area contributed by atoms with Gasteiger partial charge in [0.25, 0.3) is 7.82 Å². The van der Waals surface area contributed by atoms with E-state index in [2.05, 4.69) is 19.2 Å². The molecule has 0 bridgehead atoms. The predicted octanol–water partition coefficient (Wildman–Crippen LogP) is 14.8. The lowest BCUT2D eigenvalue weighted by Crippen LogP contribution is -2.45. The van der Waals surface area contributed by atoms with Crippen molar-refractivity contribution in [3.63, 3.8) is 0 Å². The van der Waals surface area contributed by atoms with Crippen LogP contribution in [-0.4, -0.2) is 68.5 Å². The molecule has 0 heterocycles. The molecule has 0 aromatic rings. The number of quaternary nitrogens is 1. The minimum atomic E-state index is -4.58. The van der Waals surface area contributed by atoms with E-state index in [0.717, 1.165) is 38.5 Å². The third-order valence-electron chi connectivity index (χ3n) is 12.2. The molecule has 0 aromatic heterocycles. The summed E-state index contributed by atoms with van der Waals surface area (Å²) in [5.41, 5.74) is 0. The summed E-state index contributed by atoms with van der Waals surface area (Å²) in [6.07, 6.45) is 52.8. The lowest BCUT2D eigenvalue weighted by molar-refractivity contribution is -0.870. The average Bonchev–Trinajstić information content (AvgIpc) is 3.21. The number of amides is 1. The first kappa shape index (κ1) is 60.2. The summed E-state index contributed by atoms with van der Waals surface area (Å²) in [5, 5.41) is 13.8. The molecule has 3 atom stereocenters. The van der Waals surface area contributed by atoms with Gasteiger partial charge in [0.1, 0.15) is 13.2 Å².